The van der Waals surface area contributed by atoms with Gasteiger partial charge >= 0.3 is 5.69 Å². The molecule has 0 amide bonds. The molecule has 2 heterocycles. The van der Waals surface area contributed by atoms with E-state index in [-0.39, 0.29) is 11.7 Å². The molecule has 0 radical (unpaired) electrons. The number of hydrazine groups is 1. The van der Waals surface area contributed by atoms with Crippen LogP contribution in [-0.4, -0.2) is 35.7 Å². The number of nitrogens with one attached hydrogen (secondary N) is 1. The van der Waals surface area contributed by atoms with Crippen LogP contribution in [0.25, 0.3) is 0 Å². The Bertz CT molecular complexity index is 453. The molecule has 18 heavy (non-hydrogen) atoms. The van der Waals surface area contributed by atoms with Crippen LogP contribution in [0, 0.1) is 10.1 Å². The molecular formula is C10H15N5O3. The molecule has 0 aromatic carbocycles. The van der Waals surface area contributed by atoms with Crippen molar-refractivity contribution in [2.24, 2.45) is 5.84 Å². The highest BCUT2D eigenvalue weighted by molar-refractivity contribution is 5.62. The van der Waals surface area contributed by atoms with Crippen LogP contribution in [0.3, 0.4) is 0 Å². The maximum Gasteiger partial charge on any atom is 0.311 e. The van der Waals surface area contributed by atoms with Gasteiger partial charge in [0.05, 0.1) is 24.2 Å². The Morgan fingerprint density at radius 3 is 3.06 bits per heavy atom. The molecule has 0 bridgehead atoms. The normalized spacial score (nSPS) is 19.7. The molecule has 1 aliphatic heterocycles. The largest absolute Gasteiger partial charge is 0.377 e. The van der Waals surface area contributed by atoms with Crippen molar-refractivity contribution in [1.29, 1.82) is 0 Å². The van der Waals surface area contributed by atoms with Crippen molar-refractivity contribution in [3.8, 4) is 0 Å². The number of hydrogen-bond donors (Lipinski definition) is 2. The van der Waals surface area contributed by atoms with E-state index in [1.54, 1.807) is 0 Å². The van der Waals surface area contributed by atoms with Crippen molar-refractivity contribution in [2.45, 2.75) is 13.0 Å². The van der Waals surface area contributed by atoms with E-state index >= 15 is 0 Å². The first-order valence-electron chi connectivity index (χ1n) is 5.60. The average Bonchev–Trinajstić information content (AvgIpc) is 2.38. The lowest BCUT2D eigenvalue weighted by atomic mass is 10.2. The summed E-state index contributed by atoms with van der Waals surface area (Å²) in [6.07, 6.45) is 0. The maximum atomic E-state index is 11.0. The summed E-state index contributed by atoms with van der Waals surface area (Å²) in [5.74, 6) is 6.01. The highest BCUT2D eigenvalue weighted by atomic mass is 16.6. The fraction of sp³-hybridized carbons (Fsp3) is 0.500. The number of nitrogens with zero attached hydrogens (tertiary/aromatic N) is 3. The lowest BCUT2D eigenvalue weighted by molar-refractivity contribution is -0.384. The Morgan fingerprint density at radius 2 is 2.44 bits per heavy atom. The standard InChI is InChI=1S/C10H15N5O3/c1-7-6-18-5-4-14(7)10-8(15(16)17)2-3-9(12-10)13-11/h2-3,7H,4-6,11H2,1H3,(H,12,13). The van der Waals surface area contributed by atoms with E-state index < -0.39 is 4.92 Å². The van der Waals surface area contributed by atoms with Gasteiger partial charge in [0, 0.05) is 12.6 Å². The summed E-state index contributed by atoms with van der Waals surface area (Å²) in [6.45, 7) is 3.57. The maximum absolute atomic E-state index is 11.0. The van der Waals surface area contributed by atoms with Crippen molar-refractivity contribution in [3.63, 3.8) is 0 Å². The molecule has 0 spiro atoms. The van der Waals surface area contributed by atoms with E-state index in [2.05, 4.69) is 10.4 Å². The molecule has 1 aromatic heterocycles. The third-order valence-corrected chi connectivity index (χ3v) is 2.84. The zero-order chi connectivity index (χ0) is 13.1. The van der Waals surface area contributed by atoms with Crippen molar-refractivity contribution >= 4 is 17.3 Å². The van der Waals surface area contributed by atoms with Gasteiger partial charge in [0.1, 0.15) is 5.82 Å². The summed E-state index contributed by atoms with van der Waals surface area (Å²) in [6, 6.07) is 2.92. The second kappa shape index (κ2) is 5.15. The van der Waals surface area contributed by atoms with Gasteiger partial charge in [-0.15, -0.1) is 0 Å². The van der Waals surface area contributed by atoms with Crippen LogP contribution in [0.2, 0.25) is 0 Å². The van der Waals surface area contributed by atoms with Crippen LogP contribution in [0.5, 0.6) is 0 Å². The van der Waals surface area contributed by atoms with Crippen LogP contribution in [0.15, 0.2) is 12.1 Å². The van der Waals surface area contributed by atoms with Crippen LogP contribution >= 0.6 is 0 Å². The molecule has 2 rings (SSSR count). The third kappa shape index (κ3) is 2.34. The Balaban J connectivity index is 2.42. The van der Waals surface area contributed by atoms with Crippen LogP contribution in [-0.2, 0) is 4.74 Å². The number of pyridine rings is 1. The molecular weight excluding hydrogens is 238 g/mol. The molecule has 0 aliphatic carbocycles. The molecule has 98 valence electrons. The summed E-state index contributed by atoms with van der Waals surface area (Å²) >= 11 is 0. The second-order valence-electron chi connectivity index (χ2n) is 4.06. The first-order valence-corrected chi connectivity index (χ1v) is 5.60. The first kappa shape index (κ1) is 12.5. The van der Waals surface area contributed by atoms with Gasteiger partial charge in [-0.25, -0.2) is 10.8 Å². The summed E-state index contributed by atoms with van der Waals surface area (Å²) in [5.41, 5.74) is 2.37. The number of morpholine rings is 1. The van der Waals surface area contributed by atoms with Crippen LogP contribution < -0.4 is 16.2 Å². The summed E-state index contributed by atoms with van der Waals surface area (Å²) in [4.78, 5) is 16.6. The van der Waals surface area contributed by atoms with E-state index in [4.69, 9.17) is 10.6 Å². The number of rotatable bonds is 3. The first-order chi connectivity index (χ1) is 8.63. The predicted octanol–water partition coefficient (Wildman–Crippen LogP) is 0.501. The monoisotopic (exact) mass is 253 g/mol. The van der Waals surface area contributed by atoms with Gasteiger partial charge in [-0.2, -0.15) is 0 Å². The van der Waals surface area contributed by atoms with Crippen molar-refractivity contribution in [3.05, 3.63) is 22.2 Å². The quantitative estimate of drug-likeness (QED) is 0.459. The van der Waals surface area contributed by atoms with Crippen molar-refractivity contribution in [2.75, 3.05) is 30.1 Å². The van der Waals surface area contributed by atoms with E-state index in [1.165, 1.54) is 12.1 Å². The lowest BCUT2D eigenvalue weighted by Gasteiger charge is -2.33. The molecule has 3 N–H and O–H groups in total. The zero-order valence-corrected chi connectivity index (χ0v) is 10.00. The molecule has 1 unspecified atom stereocenters. The molecule has 1 fully saturated rings. The smallest absolute Gasteiger partial charge is 0.311 e. The highest BCUT2D eigenvalue weighted by Gasteiger charge is 2.27. The predicted molar refractivity (Wildman–Crippen MR) is 66.3 cm³/mol. The van der Waals surface area contributed by atoms with Gasteiger partial charge in [0.25, 0.3) is 0 Å². The number of nitro groups is 1. The Hall–Kier alpha value is -1.93. The molecule has 1 aromatic rings. The molecule has 8 nitrogen and oxygen atoms in total. The number of anilines is 2. The van der Waals surface area contributed by atoms with Gasteiger partial charge in [-0.1, -0.05) is 0 Å². The minimum atomic E-state index is -0.440. The summed E-state index contributed by atoms with van der Waals surface area (Å²) in [7, 11) is 0. The van der Waals surface area contributed by atoms with Gasteiger partial charge in [0.2, 0.25) is 5.82 Å². The minimum Gasteiger partial charge on any atom is -0.377 e. The van der Waals surface area contributed by atoms with E-state index in [0.29, 0.717) is 31.4 Å². The number of nitrogen functional groups attached to an aromatic ring is 1. The third-order valence-electron chi connectivity index (χ3n) is 2.84. The van der Waals surface area contributed by atoms with Gasteiger partial charge in [-0.3, -0.25) is 10.1 Å². The Morgan fingerprint density at radius 1 is 1.67 bits per heavy atom. The van der Waals surface area contributed by atoms with E-state index in [9.17, 15) is 10.1 Å². The number of nitrogens with two attached hydrogens (primary N) is 1. The van der Waals surface area contributed by atoms with Crippen molar-refractivity contribution in [1.82, 2.24) is 4.98 Å². The second-order valence-corrected chi connectivity index (χ2v) is 4.06. The van der Waals surface area contributed by atoms with Crippen molar-refractivity contribution < 1.29 is 9.66 Å². The number of aromatic nitrogens is 1. The molecule has 8 heteroatoms. The molecule has 1 aliphatic rings. The van der Waals surface area contributed by atoms with Gasteiger partial charge < -0.3 is 15.1 Å². The van der Waals surface area contributed by atoms with E-state index in [0.717, 1.165) is 0 Å². The van der Waals surface area contributed by atoms with Gasteiger partial charge in [-0.05, 0) is 13.0 Å². The fourth-order valence-corrected chi connectivity index (χ4v) is 1.92. The summed E-state index contributed by atoms with van der Waals surface area (Å²) in [5, 5.41) is 11.0. The molecule has 1 atom stereocenters. The SMILES string of the molecule is CC1COCCN1c1nc(NN)ccc1[N+](=O)[O-]. The Labute approximate surface area is 104 Å². The zero-order valence-electron chi connectivity index (χ0n) is 10.00. The summed E-state index contributed by atoms with van der Waals surface area (Å²) < 4.78 is 5.31. The number of ether oxygens (including phenoxy) is 1. The molecule has 1 saturated heterocycles. The molecule has 0 saturated carbocycles. The van der Waals surface area contributed by atoms with Gasteiger partial charge in [0.15, 0.2) is 0 Å². The lowest BCUT2D eigenvalue weighted by Crippen LogP contribution is -2.44. The topological polar surface area (TPSA) is 107 Å². The average molecular weight is 253 g/mol. The van der Waals surface area contributed by atoms with E-state index in [1.807, 2.05) is 11.8 Å². The Kier molecular flexibility index (Phi) is 3.58. The fourth-order valence-electron chi connectivity index (χ4n) is 1.92. The highest BCUT2D eigenvalue weighted by Crippen LogP contribution is 2.29. The van der Waals surface area contributed by atoms with Crippen LogP contribution in [0.1, 0.15) is 6.92 Å². The number of hydrogen-bond acceptors (Lipinski definition) is 7. The minimum absolute atomic E-state index is 0.0252. The van der Waals surface area contributed by atoms with Crippen LogP contribution in [0.4, 0.5) is 17.3 Å².